The van der Waals surface area contributed by atoms with Crippen LogP contribution in [0.1, 0.15) is 11.3 Å². The van der Waals surface area contributed by atoms with Crippen molar-refractivity contribution in [1.82, 2.24) is 0 Å². The monoisotopic (exact) mass is 266 g/mol. The lowest BCUT2D eigenvalue weighted by Crippen LogP contribution is -2.01. The molecule has 4 heteroatoms. The van der Waals surface area contributed by atoms with Gasteiger partial charge < -0.3 is 9.73 Å². The Balaban J connectivity index is 1.83. The van der Waals surface area contributed by atoms with Crippen molar-refractivity contribution in [3.8, 4) is 6.07 Å². The van der Waals surface area contributed by atoms with E-state index in [1.807, 2.05) is 36.4 Å². The summed E-state index contributed by atoms with van der Waals surface area (Å²) in [5, 5.41) is 13.0. The van der Waals surface area contributed by atoms with E-state index >= 15 is 0 Å². The molecular formula is C16H11FN2O. The molecule has 0 saturated carbocycles. The minimum atomic E-state index is -0.526. The molecule has 0 amide bonds. The summed E-state index contributed by atoms with van der Waals surface area (Å²) in [5.41, 5.74) is 1.29. The summed E-state index contributed by atoms with van der Waals surface area (Å²) in [6.45, 7) is 0.396. The molecule has 0 aliphatic carbocycles. The van der Waals surface area contributed by atoms with Crippen LogP contribution in [0, 0.1) is 17.1 Å². The maximum atomic E-state index is 13.5. The van der Waals surface area contributed by atoms with Crippen molar-refractivity contribution in [1.29, 1.82) is 5.26 Å². The van der Waals surface area contributed by atoms with E-state index in [0.29, 0.717) is 12.2 Å². The molecule has 1 heterocycles. The van der Waals surface area contributed by atoms with Crippen LogP contribution in [-0.2, 0) is 6.54 Å². The Morgan fingerprint density at radius 1 is 1.15 bits per heavy atom. The number of benzene rings is 2. The zero-order valence-corrected chi connectivity index (χ0v) is 10.6. The Labute approximate surface area is 115 Å². The van der Waals surface area contributed by atoms with Crippen molar-refractivity contribution in [3.05, 3.63) is 65.7 Å². The quantitative estimate of drug-likeness (QED) is 0.777. The van der Waals surface area contributed by atoms with E-state index in [-0.39, 0.29) is 5.56 Å². The van der Waals surface area contributed by atoms with Crippen molar-refractivity contribution in [2.24, 2.45) is 0 Å². The van der Waals surface area contributed by atoms with Crippen molar-refractivity contribution in [3.63, 3.8) is 0 Å². The van der Waals surface area contributed by atoms with E-state index in [1.165, 1.54) is 6.07 Å². The zero-order chi connectivity index (χ0) is 13.9. The molecule has 3 aromatic rings. The average molecular weight is 266 g/mol. The predicted octanol–water partition coefficient (Wildman–Crippen LogP) is 4.06. The zero-order valence-electron chi connectivity index (χ0n) is 10.6. The number of hydrogen-bond donors (Lipinski definition) is 1. The van der Waals surface area contributed by atoms with Crippen LogP contribution >= 0.6 is 0 Å². The smallest absolute Gasteiger partial charge is 0.143 e. The number of halogens is 1. The number of fused-ring (bicyclic) bond motifs is 1. The molecule has 0 radical (unpaired) electrons. The van der Waals surface area contributed by atoms with E-state index in [4.69, 9.17) is 9.68 Å². The van der Waals surface area contributed by atoms with Gasteiger partial charge in [0, 0.05) is 5.39 Å². The Bertz CT molecular complexity index is 769. The van der Waals surface area contributed by atoms with E-state index in [1.54, 1.807) is 12.1 Å². The van der Waals surface area contributed by atoms with E-state index in [2.05, 4.69) is 5.32 Å². The second-order valence-corrected chi connectivity index (χ2v) is 4.38. The van der Waals surface area contributed by atoms with Gasteiger partial charge in [-0.3, -0.25) is 0 Å². The second-order valence-electron chi connectivity index (χ2n) is 4.38. The molecule has 0 spiro atoms. The number of nitriles is 1. The highest BCUT2D eigenvalue weighted by Crippen LogP contribution is 2.22. The van der Waals surface area contributed by atoms with Crippen molar-refractivity contribution >= 4 is 16.7 Å². The van der Waals surface area contributed by atoms with Crippen LogP contribution in [0.5, 0.6) is 0 Å². The highest BCUT2D eigenvalue weighted by molar-refractivity contribution is 5.77. The summed E-state index contributed by atoms with van der Waals surface area (Å²) >= 11 is 0. The van der Waals surface area contributed by atoms with Gasteiger partial charge in [0.25, 0.3) is 0 Å². The van der Waals surface area contributed by atoms with Crippen LogP contribution in [0.4, 0.5) is 10.1 Å². The van der Waals surface area contributed by atoms with Crippen LogP contribution in [0.25, 0.3) is 11.0 Å². The van der Waals surface area contributed by atoms with Gasteiger partial charge in [0.1, 0.15) is 28.8 Å². The largest absolute Gasteiger partial charge is 0.459 e. The Morgan fingerprint density at radius 3 is 2.80 bits per heavy atom. The maximum Gasteiger partial charge on any atom is 0.143 e. The molecule has 0 aliphatic heterocycles. The van der Waals surface area contributed by atoms with Crippen molar-refractivity contribution in [2.45, 2.75) is 6.54 Å². The third-order valence-electron chi connectivity index (χ3n) is 3.06. The number of hydrogen-bond acceptors (Lipinski definition) is 3. The van der Waals surface area contributed by atoms with E-state index in [9.17, 15) is 4.39 Å². The maximum absolute atomic E-state index is 13.5. The number of furan rings is 1. The number of rotatable bonds is 3. The van der Waals surface area contributed by atoms with Crippen LogP contribution in [0.2, 0.25) is 0 Å². The second kappa shape index (κ2) is 5.06. The first-order valence-electron chi connectivity index (χ1n) is 6.18. The highest BCUT2D eigenvalue weighted by Gasteiger charge is 2.08. The molecule has 1 aromatic heterocycles. The van der Waals surface area contributed by atoms with Crippen LogP contribution in [-0.4, -0.2) is 0 Å². The molecule has 3 rings (SSSR count). The van der Waals surface area contributed by atoms with Gasteiger partial charge in [0.15, 0.2) is 0 Å². The van der Waals surface area contributed by atoms with Gasteiger partial charge in [-0.1, -0.05) is 24.3 Å². The molecule has 0 aliphatic rings. The topological polar surface area (TPSA) is 49.0 Å². The van der Waals surface area contributed by atoms with Gasteiger partial charge in [-0.2, -0.15) is 5.26 Å². The predicted molar refractivity (Wildman–Crippen MR) is 74.7 cm³/mol. The fourth-order valence-electron chi connectivity index (χ4n) is 2.09. The number of para-hydroxylation sites is 1. The molecule has 98 valence electrons. The van der Waals surface area contributed by atoms with Crippen LogP contribution in [0.15, 0.2) is 52.9 Å². The van der Waals surface area contributed by atoms with Crippen molar-refractivity contribution in [2.75, 3.05) is 5.32 Å². The third kappa shape index (κ3) is 2.21. The first-order chi connectivity index (χ1) is 9.78. The van der Waals surface area contributed by atoms with Gasteiger partial charge in [-0.15, -0.1) is 0 Å². The molecule has 0 fully saturated rings. The molecule has 0 atom stereocenters. The van der Waals surface area contributed by atoms with Crippen molar-refractivity contribution < 1.29 is 8.81 Å². The normalized spacial score (nSPS) is 10.4. The van der Waals surface area contributed by atoms with E-state index < -0.39 is 5.82 Å². The Morgan fingerprint density at radius 2 is 2.00 bits per heavy atom. The third-order valence-corrected chi connectivity index (χ3v) is 3.06. The molecule has 20 heavy (non-hydrogen) atoms. The number of anilines is 1. The minimum Gasteiger partial charge on any atom is -0.459 e. The SMILES string of the molecule is N#Cc1c(F)cccc1NCc1cc2ccccc2o1. The van der Waals surface area contributed by atoms with Gasteiger partial charge in [-0.05, 0) is 24.3 Å². The lowest BCUT2D eigenvalue weighted by atomic mass is 10.2. The fourth-order valence-corrected chi connectivity index (χ4v) is 2.09. The van der Waals surface area contributed by atoms with Gasteiger partial charge in [0.2, 0.25) is 0 Å². The summed E-state index contributed by atoms with van der Waals surface area (Å²) in [5.74, 6) is 0.210. The van der Waals surface area contributed by atoms with Crippen LogP contribution in [0.3, 0.4) is 0 Å². The standard InChI is InChI=1S/C16H11FN2O/c17-14-5-3-6-15(13(14)9-18)19-10-12-8-11-4-1-2-7-16(11)20-12/h1-8,19H,10H2. The minimum absolute atomic E-state index is 0.0172. The Hall–Kier alpha value is -2.80. The summed E-state index contributed by atoms with van der Waals surface area (Å²) in [7, 11) is 0. The van der Waals surface area contributed by atoms with Gasteiger partial charge in [0.05, 0.1) is 12.2 Å². The van der Waals surface area contributed by atoms with Gasteiger partial charge >= 0.3 is 0 Å². The average Bonchev–Trinajstić information content (AvgIpc) is 2.88. The summed E-state index contributed by atoms with van der Waals surface area (Å²) in [6.07, 6.45) is 0. The molecular weight excluding hydrogens is 255 g/mol. The molecule has 0 bridgehead atoms. The molecule has 1 N–H and O–H groups in total. The first-order valence-corrected chi connectivity index (χ1v) is 6.18. The fraction of sp³-hybridized carbons (Fsp3) is 0.0625. The number of nitrogens with zero attached hydrogens (tertiary/aromatic N) is 1. The summed E-state index contributed by atoms with van der Waals surface area (Å²) < 4.78 is 19.1. The Kier molecular flexibility index (Phi) is 3.10. The molecule has 2 aromatic carbocycles. The first kappa shape index (κ1) is 12.2. The number of nitrogens with one attached hydrogen (secondary N) is 1. The summed E-state index contributed by atoms with van der Waals surface area (Å²) in [4.78, 5) is 0. The lowest BCUT2D eigenvalue weighted by molar-refractivity contribution is 0.559. The molecule has 0 unspecified atom stereocenters. The summed E-state index contributed by atoms with van der Waals surface area (Å²) in [6, 6.07) is 16.0. The lowest BCUT2D eigenvalue weighted by Gasteiger charge is -2.06. The van der Waals surface area contributed by atoms with Crippen LogP contribution < -0.4 is 5.32 Å². The van der Waals surface area contributed by atoms with E-state index in [0.717, 1.165) is 16.7 Å². The van der Waals surface area contributed by atoms with Gasteiger partial charge in [-0.25, -0.2) is 4.39 Å². The molecule has 0 saturated heterocycles. The highest BCUT2D eigenvalue weighted by atomic mass is 19.1. The molecule has 3 nitrogen and oxygen atoms in total.